The highest BCUT2D eigenvalue weighted by molar-refractivity contribution is 7.80. The molecule has 0 aromatic heterocycles. The Morgan fingerprint density at radius 2 is 1.64 bits per heavy atom. The first-order valence-electron chi connectivity index (χ1n) is 9.25. The highest BCUT2D eigenvalue weighted by Gasteiger charge is 2.11. The van der Waals surface area contributed by atoms with E-state index in [1.807, 2.05) is 26.0 Å². The molecule has 28 heavy (non-hydrogen) atoms. The molecule has 0 bridgehead atoms. The largest absolute Gasteiger partial charge is 0.378 e. The number of morpholine rings is 1. The number of hydrazone groups is 2. The van der Waals surface area contributed by atoms with E-state index < -0.39 is 0 Å². The van der Waals surface area contributed by atoms with Gasteiger partial charge < -0.3 is 20.3 Å². The Morgan fingerprint density at radius 1 is 1.04 bits per heavy atom. The minimum absolute atomic E-state index is 0.453. The van der Waals surface area contributed by atoms with Crippen molar-refractivity contribution in [3.8, 4) is 0 Å². The average Bonchev–Trinajstić information content (AvgIpc) is 2.72. The van der Waals surface area contributed by atoms with Crippen molar-refractivity contribution in [2.24, 2.45) is 10.2 Å². The second-order valence-corrected chi connectivity index (χ2v) is 6.66. The number of thiocarbonyl (C=S) groups is 2. The van der Waals surface area contributed by atoms with E-state index in [0.717, 1.165) is 50.6 Å². The number of hydrogen-bond donors (Lipinski definition) is 4. The molecule has 152 valence electrons. The summed E-state index contributed by atoms with van der Waals surface area (Å²) in [5, 5.41) is 15.4. The molecule has 1 heterocycles. The standard InChI is InChI=1S/C18H27N7OS2/c1-3-19-17(27)23-21-13-16(22-24-18(28)20-4-2)14-5-7-15(8-6-14)25-9-11-26-12-10-25/h5-8,13H,3-4,9-12H2,1-2H3,(H2,19,23,27)(H2,20,24,28)/b21-13-,22-16-. The summed E-state index contributed by atoms with van der Waals surface area (Å²) in [7, 11) is 0. The predicted molar refractivity (Wildman–Crippen MR) is 123 cm³/mol. The van der Waals surface area contributed by atoms with Crippen molar-refractivity contribution in [2.75, 3.05) is 44.3 Å². The molecule has 10 heteroatoms. The average molecular weight is 422 g/mol. The summed E-state index contributed by atoms with van der Waals surface area (Å²) in [5.41, 5.74) is 8.30. The fraction of sp³-hybridized carbons (Fsp3) is 0.444. The van der Waals surface area contributed by atoms with Crippen LogP contribution in [0.15, 0.2) is 34.5 Å². The summed E-state index contributed by atoms with van der Waals surface area (Å²) in [6, 6.07) is 8.17. The second-order valence-electron chi connectivity index (χ2n) is 5.84. The highest BCUT2D eigenvalue weighted by Crippen LogP contribution is 2.16. The third-order valence-electron chi connectivity index (χ3n) is 3.84. The van der Waals surface area contributed by atoms with Crippen molar-refractivity contribution in [1.82, 2.24) is 21.5 Å². The van der Waals surface area contributed by atoms with Crippen LogP contribution in [0, 0.1) is 0 Å². The first kappa shape index (κ1) is 22.0. The highest BCUT2D eigenvalue weighted by atomic mass is 32.1. The van der Waals surface area contributed by atoms with Crippen molar-refractivity contribution in [3.63, 3.8) is 0 Å². The van der Waals surface area contributed by atoms with E-state index in [-0.39, 0.29) is 0 Å². The van der Waals surface area contributed by atoms with Gasteiger partial charge in [0, 0.05) is 37.4 Å². The van der Waals surface area contributed by atoms with Crippen LogP contribution in [0.1, 0.15) is 19.4 Å². The molecule has 0 radical (unpaired) electrons. The van der Waals surface area contributed by atoms with Gasteiger partial charge in [-0.05, 0) is 50.4 Å². The first-order valence-corrected chi connectivity index (χ1v) is 10.1. The summed E-state index contributed by atoms with van der Waals surface area (Å²) in [5.74, 6) is 0. The monoisotopic (exact) mass is 421 g/mol. The molecular formula is C18H27N7OS2. The van der Waals surface area contributed by atoms with Gasteiger partial charge in [0.05, 0.1) is 19.4 Å². The van der Waals surface area contributed by atoms with Crippen LogP contribution in [0.2, 0.25) is 0 Å². The number of ether oxygens (including phenoxy) is 1. The zero-order chi connectivity index (χ0) is 20.2. The van der Waals surface area contributed by atoms with Gasteiger partial charge in [0.15, 0.2) is 10.2 Å². The molecule has 0 aliphatic carbocycles. The molecule has 1 aliphatic heterocycles. The molecule has 1 aromatic carbocycles. The van der Waals surface area contributed by atoms with Crippen LogP contribution in [0.3, 0.4) is 0 Å². The van der Waals surface area contributed by atoms with Gasteiger partial charge in [-0.2, -0.15) is 10.2 Å². The van der Waals surface area contributed by atoms with Gasteiger partial charge in [0.25, 0.3) is 0 Å². The smallest absolute Gasteiger partial charge is 0.186 e. The lowest BCUT2D eigenvalue weighted by atomic mass is 10.1. The molecule has 1 aromatic rings. The Labute approximate surface area is 176 Å². The maximum atomic E-state index is 5.41. The molecular weight excluding hydrogens is 394 g/mol. The van der Waals surface area contributed by atoms with E-state index in [1.54, 1.807) is 6.21 Å². The Bertz CT molecular complexity index is 700. The second kappa shape index (κ2) is 12.2. The summed E-state index contributed by atoms with van der Waals surface area (Å²) in [6.45, 7) is 8.68. The van der Waals surface area contributed by atoms with E-state index in [1.165, 1.54) is 0 Å². The summed E-state index contributed by atoms with van der Waals surface area (Å²) in [6.07, 6.45) is 1.61. The van der Waals surface area contributed by atoms with Gasteiger partial charge in [-0.1, -0.05) is 12.1 Å². The third kappa shape index (κ3) is 7.37. The molecule has 0 saturated carbocycles. The van der Waals surface area contributed by atoms with Gasteiger partial charge in [-0.3, -0.25) is 10.9 Å². The van der Waals surface area contributed by atoms with Gasteiger partial charge in [-0.25, -0.2) is 0 Å². The lowest BCUT2D eigenvalue weighted by Gasteiger charge is -2.28. The minimum Gasteiger partial charge on any atom is -0.378 e. The summed E-state index contributed by atoms with van der Waals surface area (Å²) in [4.78, 5) is 2.30. The Balaban J connectivity index is 2.12. The Hall–Kier alpha value is -2.30. The van der Waals surface area contributed by atoms with E-state index in [9.17, 15) is 0 Å². The van der Waals surface area contributed by atoms with Crippen molar-refractivity contribution in [1.29, 1.82) is 0 Å². The first-order chi connectivity index (χ1) is 13.6. The number of rotatable bonds is 7. The lowest BCUT2D eigenvalue weighted by Crippen LogP contribution is -2.36. The van der Waals surface area contributed by atoms with Crippen LogP contribution in [-0.4, -0.2) is 61.5 Å². The maximum Gasteiger partial charge on any atom is 0.186 e. The molecule has 2 rings (SSSR count). The predicted octanol–water partition coefficient (Wildman–Crippen LogP) is 1.18. The normalized spacial score (nSPS) is 14.6. The summed E-state index contributed by atoms with van der Waals surface area (Å²) < 4.78 is 5.41. The molecule has 0 unspecified atom stereocenters. The van der Waals surface area contributed by atoms with Crippen molar-refractivity contribution in [3.05, 3.63) is 29.8 Å². The molecule has 1 fully saturated rings. The van der Waals surface area contributed by atoms with E-state index in [2.05, 4.69) is 48.7 Å². The van der Waals surface area contributed by atoms with E-state index in [4.69, 9.17) is 29.2 Å². The van der Waals surface area contributed by atoms with Crippen LogP contribution in [0.4, 0.5) is 5.69 Å². The lowest BCUT2D eigenvalue weighted by molar-refractivity contribution is 0.122. The fourth-order valence-corrected chi connectivity index (χ4v) is 2.88. The number of nitrogens with zero attached hydrogens (tertiary/aromatic N) is 3. The van der Waals surface area contributed by atoms with Gasteiger partial charge >= 0.3 is 0 Å². The van der Waals surface area contributed by atoms with Gasteiger partial charge in [0.1, 0.15) is 5.71 Å². The van der Waals surface area contributed by atoms with Crippen molar-refractivity contribution in [2.45, 2.75) is 13.8 Å². The number of benzene rings is 1. The Kier molecular flexibility index (Phi) is 9.60. The molecule has 1 aliphatic rings. The third-order valence-corrected chi connectivity index (χ3v) is 4.32. The van der Waals surface area contributed by atoms with E-state index >= 15 is 0 Å². The zero-order valence-corrected chi connectivity index (χ0v) is 17.8. The molecule has 4 N–H and O–H groups in total. The maximum absolute atomic E-state index is 5.41. The number of nitrogens with one attached hydrogen (secondary N) is 4. The van der Waals surface area contributed by atoms with Crippen LogP contribution >= 0.6 is 24.4 Å². The van der Waals surface area contributed by atoms with Gasteiger partial charge in [0.2, 0.25) is 0 Å². The number of anilines is 1. The molecule has 8 nitrogen and oxygen atoms in total. The molecule has 0 amide bonds. The topological polar surface area (TPSA) is 85.3 Å². The fourth-order valence-electron chi connectivity index (χ4n) is 2.50. The van der Waals surface area contributed by atoms with Crippen molar-refractivity contribution < 1.29 is 4.74 Å². The minimum atomic E-state index is 0.453. The summed E-state index contributed by atoms with van der Waals surface area (Å²) >= 11 is 10.3. The molecule has 0 spiro atoms. The number of hydrogen-bond acceptors (Lipinski definition) is 6. The van der Waals surface area contributed by atoms with Crippen molar-refractivity contribution >= 4 is 52.3 Å². The SMILES string of the molecule is CCNC(=S)N/N=C\C(=N\NC(=S)NCC)c1ccc(N2CCOCC2)cc1. The quantitative estimate of drug-likeness (QED) is 0.297. The Morgan fingerprint density at radius 3 is 2.25 bits per heavy atom. The van der Waals surface area contributed by atoms with E-state index in [0.29, 0.717) is 15.9 Å². The van der Waals surface area contributed by atoms with Crippen LogP contribution in [-0.2, 0) is 4.74 Å². The molecule has 1 saturated heterocycles. The van der Waals surface area contributed by atoms with Crippen LogP contribution in [0.25, 0.3) is 0 Å². The molecule has 0 atom stereocenters. The van der Waals surface area contributed by atoms with Gasteiger partial charge in [-0.15, -0.1) is 0 Å². The zero-order valence-electron chi connectivity index (χ0n) is 16.2. The van der Waals surface area contributed by atoms with Crippen LogP contribution < -0.4 is 26.4 Å². The van der Waals surface area contributed by atoms with Crippen LogP contribution in [0.5, 0.6) is 0 Å².